The van der Waals surface area contributed by atoms with Crippen molar-refractivity contribution >= 4 is 5.91 Å². The Morgan fingerprint density at radius 1 is 1.09 bits per heavy atom. The summed E-state index contributed by atoms with van der Waals surface area (Å²) in [5, 5.41) is 10.1. The number of rotatable bonds is 3. The van der Waals surface area contributed by atoms with Crippen LogP contribution in [0.25, 0.3) is 0 Å². The smallest absolute Gasteiger partial charge is 0.253 e. The molecule has 32 heavy (non-hydrogen) atoms. The van der Waals surface area contributed by atoms with Gasteiger partial charge in [0.2, 0.25) is 0 Å². The van der Waals surface area contributed by atoms with Crippen LogP contribution in [0.5, 0.6) is 0 Å². The fourth-order valence-corrected chi connectivity index (χ4v) is 4.92. The first-order chi connectivity index (χ1) is 15.5. The molecule has 0 spiro atoms. The van der Waals surface area contributed by atoms with E-state index in [1.54, 1.807) is 12.1 Å². The van der Waals surface area contributed by atoms with Crippen LogP contribution in [0.1, 0.15) is 54.1 Å². The number of carbonyl (C=O) groups is 1. The van der Waals surface area contributed by atoms with E-state index in [1.165, 1.54) is 17.7 Å². The second-order valence-corrected chi connectivity index (χ2v) is 9.09. The van der Waals surface area contributed by atoms with E-state index in [0.29, 0.717) is 24.6 Å². The molecule has 4 rings (SSSR count). The number of amides is 1. The lowest BCUT2D eigenvalue weighted by Gasteiger charge is -2.57. The van der Waals surface area contributed by atoms with Gasteiger partial charge in [0.1, 0.15) is 5.82 Å². The Kier molecular flexibility index (Phi) is 6.93. The molecule has 5 heteroatoms. The molecule has 168 valence electrons. The highest BCUT2D eigenvalue weighted by Crippen LogP contribution is 2.42. The second kappa shape index (κ2) is 9.85. The van der Waals surface area contributed by atoms with Crippen LogP contribution in [0.4, 0.5) is 4.39 Å². The highest BCUT2D eigenvalue weighted by atomic mass is 19.1. The van der Waals surface area contributed by atoms with Gasteiger partial charge in [-0.1, -0.05) is 37.8 Å². The zero-order chi connectivity index (χ0) is 22.7. The number of halogens is 1. The topological polar surface area (TPSA) is 43.8 Å². The van der Waals surface area contributed by atoms with Crippen LogP contribution in [0, 0.1) is 23.6 Å². The molecule has 2 aliphatic rings. The molecule has 0 unspecified atom stereocenters. The van der Waals surface area contributed by atoms with E-state index in [2.05, 4.69) is 42.7 Å². The Bertz CT molecular complexity index is 991. The van der Waals surface area contributed by atoms with Crippen LogP contribution >= 0.6 is 0 Å². The third-order valence-electron chi connectivity index (χ3n) is 6.55. The molecule has 3 atom stereocenters. The van der Waals surface area contributed by atoms with Gasteiger partial charge in [-0.2, -0.15) is 0 Å². The van der Waals surface area contributed by atoms with Gasteiger partial charge in [-0.3, -0.25) is 9.69 Å². The minimum Gasteiger partial charge on any atom is -0.395 e. The first-order valence-electron chi connectivity index (χ1n) is 11.5. The van der Waals surface area contributed by atoms with Crippen molar-refractivity contribution in [2.24, 2.45) is 5.92 Å². The second-order valence-electron chi connectivity index (χ2n) is 9.09. The van der Waals surface area contributed by atoms with Gasteiger partial charge < -0.3 is 10.0 Å². The number of hydrogen-bond acceptors (Lipinski definition) is 3. The standard InChI is InChI=1S/C27H31FN2O2/c1-19(2)5-6-20-7-9-21(10-8-20)26-24-17-29(15-3-4-16-30(24)25(26)18-31)27(32)22-11-13-23(28)14-12-22/h7-14,19,24-26,31H,3-4,15-18H2,1-2H3/t24-,25-,26+/m0/s1. The van der Waals surface area contributed by atoms with Crippen molar-refractivity contribution in [2.45, 2.75) is 44.7 Å². The average molecular weight is 435 g/mol. The van der Waals surface area contributed by atoms with E-state index in [-0.39, 0.29) is 36.3 Å². The van der Waals surface area contributed by atoms with E-state index in [4.69, 9.17) is 0 Å². The summed E-state index contributed by atoms with van der Waals surface area (Å²) in [6.45, 7) is 6.48. The molecule has 0 saturated carbocycles. The summed E-state index contributed by atoms with van der Waals surface area (Å²) < 4.78 is 13.3. The summed E-state index contributed by atoms with van der Waals surface area (Å²) in [6, 6.07) is 14.3. The number of carbonyl (C=O) groups excluding carboxylic acids is 1. The first kappa shape index (κ1) is 22.5. The van der Waals surface area contributed by atoms with Gasteiger partial charge in [0.05, 0.1) is 6.61 Å². The first-order valence-corrected chi connectivity index (χ1v) is 11.5. The van der Waals surface area contributed by atoms with E-state index < -0.39 is 0 Å². The number of hydrogen-bond donors (Lipinski definition) is 1. The maximum Gasteiger partial charge on any atom is 0.253 e. The van der Waals surface area contributed by atoms with Crippen molar-refractivity contribution in [3.63, 3.8) is 0 Å². The Morgan fingerprint density at radius 2 is 1.78 bits per heavy atom. The zero-order valence-electron chi connectivity index (χ0n) is 18.8. The normalized spacial score (nSPS) is 23.4. The van der Waals surface area contributed by atoms with Crippen molar-refractivity contribution < 1.29 is 14.3 Å². The molecule has 0 bridgehead atoms. The van der Waals surface area contributed by atoms with E-state index >= 15 is 0 Å². The van der Waals surface area contributed by atoms with Crippen LogP contribution in [0.2, 0.25) is 0 Å². The molecule has 2 fully saturated rings. The molecule has 2 aliphatic heterocycles. The van der Waals surface area contributed by atoms with Gasteiger partial charge in [0.15, 0.2) is 0 Å². The molecule has 0 aliphatic carbocycles. The van der Waals surface area contributed by atoms with Crippen molar-refractivity contribution in [1.29, 1.82) is 0 Å². The monoisotopic (exact) mass is 434 g/mol. The molecular formula is C27H31FN2O2. The average Bonchev–Trinajstić information content (AvgIpc) is 2.77. The molecule has 1 amide bonds. The Labute approximate surface area is 190 Å². The van der Waals surface area contributed by atoms with Gasteiger partial charge in [0.25, 0.3) is 5.91 Å². The Morgan fingerprint density at radius 3 is 2.44 bits per heavy atom. The highest BCUT2D eigenvalue weighted by molar-refractivity contribution is 5.94. The summed E-state index contributed by atoms with van der Waals surface area (Å²) in [5.41, 5.74) is 2.68. The number of benzene rings is 2. The third-order valence-corrected chi connectivity index (χ3v) is 6.55. The maximum atomic E-state index is 13.3. The lowest BCUT2D eigenvalue weighted by molar-refractivity contribution is -0.0606. The molecule has 2 heterocycles. The Balaban J connectivity index is 1.55. The molecule has 1 N–H and O–H groups in total. The van der Waals surface area contributed by atoms with Gasteiger partial charge in [0, 0.05) is 48.1 Å². The van der Waals surface area contributed by atoms with Crippen molar-refractivity contribution in [3.05, 3.63) is 71.0 Å². The molecule has 2 saturated heterocycles. The van der Waals surface area contributed by atoms with Crippen LogP contribution in [-0.2, 0) is 0 Å². The summed E-state index contributed by atoms with van der Waals surface area (Å²) in [6.07, 6.45) is 1.90. The molecule has 2 aromatic rings. The summed E-state index contributed by atoms with van der Waals surface area (Å²) in [5.74, 6) is 6.48. The lowest BCUT2D eigenvalue weighted by Crippen LogP contribution is -2.67. The van der Waals surface area contributed by atoms with E-state index in [0.717, 1.165) is 24.9 Å². The number of nitrogens with zero attached hydrogens (tertiary/aromatic N) is 2. The molecule has 0 radical (unpaired) electrons. The maximum absolute atomic E-state index is 13.3. The van der Waals surface area contributed by atoms with E-state index in [9.17, 15) is 14.3 Å². The zero-order valence-corrected chi connectivity index (χ0v) is 18.8. The molecule has 0 aromatic heterocycles. The van der Waals surface area contributed by atoms with Gasteiger partial charge in [-0.25, -0.2) is 4.39 Å². The third kappa shape index (κ3) is 4.72. The van der Waals surface area contributed by atoms with Crippen molar-refractivity contribution in [3.8, 4) is 11.8 Å². The van der Waals surface area contributed by atoms with Crippen LogP contribution in [0.3, 0.4) is 0 Å². The van der Waals surface area contributed by atoms with Crippen LogP contribution < -0.4 is 0 Å². The molecular weight excluding hydrogens is 403 g/mol. The largest absolute Gasteiger partial charge is 0.395 e. The summed E-state index contributed by atoms with van der Waals surface area (Å²) in [4.78, 5) is 17.4. The molecule has 2 aromatic carbocycles. The van der Waals surface area contributed by atoms with Crippen molar-refractivity contribution in [1.82, 2.24) is 9.80 Å². The minimum atomic E-state index is -0.341. The summed E-state index contributed by atoms with van der Waals surface area (Å²) in [7, 11) is 0. The van der Waals surface area contributed by atoms with E-state index in [1.807, 2.05) is 17.0 Å². The predicted molar refractivity (Wildman–Crippen MR) is 124 cm³/mol. The number of aliphatic hydroxyl groups excluding tert-OH is 1. The number of fused-ring (bicyclic) bond motifs is 1. The van der Waals surface area contributed by atoms with Crippen molar-refractivity contribution in [2.75, 3.05) is 26.2 Å². The van der Waals surface area contributed by atoms with Gasteiger partial charge >= 0.3 is 0 Å². The predicted octanol–water partition coefficient (Wildman–Crippen LogP) is 3.90. The van der Waals surface area contributed by atoms with Gasteiger partial charge in [-0.15, -0.1) is 0 Å². The minimum absolute atomic E-state index is 0.0580. The summed E-state index contributed by atoms with van der Waals surface area (Å²) >= 11 is 0. The molecule has 4 nitrogen and oxygen atoms in total. The van der Waals surface area contributed by atoms with Gasteiger partial charge in [-0.05, 0) is 61.3 Å². The Hall–Kier alpha value is -2.68. The fraction of sp³-hybridized carbons (Fsp3) is 0.444. The number of aliphatic hydroxyl groups is 1. The lowest BCUT2D eigenvalue weighted by atomic mass is 9.74. The van der Waals surface area contributed by atoms with Crippen LogP contribution in [0.15, 0.2) is 48.5 Å². The highest BCUT2D eigenvalue weighted by Gasteiger charge is 2.49. The van der Waals surface area contributed by atoms with Crippen LogP contribution in [-0.4, -0.2) is 59.1 Å². The quantitative estimate of drug-likeness (QED) is 0.746. The SMILES string of the molecule is CC(C)C#Cc1ccc([C@H]2[C@H](CO)N3CCCCN(C(=O)c4ccc(F)cc4)C[C@@H]23)cc1. The fourth-order valence-electron chi connectivity index (χ4n) is 4.92.